The topological polar surface area (TPSA) is 61.8 Å². The number of likely N-dealkylation sites (tertiary alicyclic amines) is 1. The van der Waals surface area contributed by atoms with Gasteiger partial charge in [0, 0.05) is 18.3 Å². The summed E-state index contributed by atoms with van der Waals surface area (Å²) in [6.45, 7) is 3.38. The Hall–Kier alpha value is -1.56. The zero-order valence-corrected chi connectivity index (χ0v) is 14.2. The largest absolute Gasteiger partial charge is 0.350 e. The molecule has 3 rings (SSSR count). The van der Waals surface area contributed by atoms with Crippen LogP contribution in [-0.4, -0.2) is 53.2 Å². The summed E-state index contributed by atoms with van der Waals surface area (Å²) >= 11 is 1.82. The monoisotopic (exact) mass is 333 g/mol. The number of hydrogen-bond donors (Lipinski definition) is 1. The summed E-state index contributed by atoms with van der Waals surface area (Å²) < 4.78 is 0. The molecule has 124 valence electrons. The number of nitrogens with one attached hydrogen (secondary N) is 1. The van der Waals surface area contributed by atoms with Crippen LogP contribution in [0.2, 0.25) is 0 Å². The first-order chi connectivity index (χ1) is 11.2. The molecule has 2 heterocycles. The Kier molecular flexibility index (Phi) is 5.20. The highest BCUT2D eigenvalue weighted by Crippen LogP contribution is 2.33. The molecule has 4 atom stereocenters. The summed E-state index contributed by atoms with van der Waals surface area (Å²) in [7, 11) is 0. The Bertz CT molecular complexity index is 558. The number of thioether (sulfide) groups is 1. The van der Waals surface area contributed by atoms with Crippen molar-refractivity contribution >= 4 is 29.6 Å². The Balaban J connectivity index is 1.47. The first-order valence-corrected chi connectivity index (χ1v) is 9.16. The average Bonchev–Trinajstić information content (AvgIpc) is 3.21. The number of allylic oxidation sites excluding steroid dienone is 2. The Morgan fingerprint density at radius 2 is 2.43 bits per heavy atom. The molecule has 0 aromatic carbocycles. The van der Waals surface area contributed by atoms with Crippen molar-refractivity contribution < 1.29 is 9.59 Å². The number of carbonyl (C=O) groups is 2. The Morgan fingerprint density at radius 3 is 3.09 bits per heavy atom. The number of rotatable bonds is 5. The molecule has 1 fully saturated rings. The van der Waals surface area contributed by atoms with Crippen LogP contribution in [-0.2, 0) is 9.59 Å². The van der Waals surface area contributed by atoms with Gasteiger partial charge in [0.15, 0.2) is 0 Å². The second kappa shape index (κ2) is 7.34. The van der Waals surface area contributed by atoms with Gasteiger partial charge >= 0.3 is 0 Å². The SMILES string of the molecule is CC1N=CSC1C1C=CC(CNC(=O)C2CCCN2C=O)=CC1. The van der Waals surface area contributed by atoms with Gasteiger partial charge in [0.2, 0.25) is 12.3 Å². The van der Waals surface area contributed by atoms with Crippen LogP contribution in [0.25, 0.3) is 0 Å². The van der Waals surface area contributed by atoms with E-state index in [1.54, 1.807) is 4.90 Å². The molecule has 23 heavy (non-hydrogen) atoms. The smallest absolute Gasteiger partial charge is 0.243 e. The van der Waals surface area contributed by atoms with Gasteiger partial charge in [0.1, 0.15) is 6.04 Å². The highest BCUT2D eigenvalue weighted by molar-refractivity contribution is 8.12. The van der Waals surface area contributed by atoms with Gasteiger partial charge in [0.25, 0.3) is 0 Å². The summed E-state index contributed by atoms with van der Waals surface area (Å²) in [6.07, 6.45) is 10.0. The van der Waals surface area contributed by atoms with Crippen LogP contribution in [0.3, 0.4) is 0 Å². The van der Waals surface area contributed by atoms with Gasteiger partial charge in [-0.2, -0.15) is 0 Å². The minimum atomic E-state index is -0.290. The predicted octanol–water partition coefficient (Wildman–Crippen LogP) is 1.76. The lowest BCUT2D eigenvalue weighted by Gasteiger charge is -2.24. The standard InChI is InChI=1S/C17H23N3O2S/c1-12-16(23-10-19-12)14-6-4-13(5-7-14)9-18-17(22)15-3-2-8-20(15)11-21/h4-6,10-12,14-16H,2-3,7-9H2,1H3,(H,18,22). The zero-order valence-electron chi connectivity index (χ0n) is 13.4. The minimum Gasteiger partial charge on any atom is -0.350 e. The van der Waals surface area contributed by atoms with E-state index in [0.29, 0.717) is 30.3 Å². The van der Waals surface area contributed by atoms with Crippen LogP contribution in [0.5, 0.6) is 0 Å². The number of hydrogen-bond acceptors (Lipinski definition) is 4. The van der Waals surface area contributed by atoms with Crippen molar-refractivity contribution in [3.8, 4) is 0 Å². The van der Waals surface area contributed by atoms with E-state index >= 15 is 0 Å². The van der Waals surface area contributed by atoms with E-state index < -0.39 is 0 Å². The van der Waals surface area contributed by atoms with Crippen LogP contribution in [0.15, 0.2) is 28.8 Å². The first kappa shape index (κ1) is 16.3. The summed E-state index contributed by atoms with van der Waals surface area (Å²) in [5.74, 6) is 0.469. The average molecular weight is 333 g/mol. The molecule has 1 N–H and O–H groups in total. The summed E-state index contributed by atoms with van der Waals surface area (Å²) in [4.78, 5) is 29.1. The van der Waals surface area contributed by atoms with Crippen molar-refractivity contribution in [1.29, 1.82) is 0 Å². The second-order valence-electron chi connectivity index (χ2n) is 6.35. The molecular formula is C17H23N3O2S. The van der Waals surface area contributed by atoms with E-state index in [2.05, 4.69) is 35.5 Å². The van der Waals surface area contributed by atoms with Gasteiger partial charge in [-0.15, -0.1) is 11.8 Å². The molecule has 0 bridgehead atoms. The molecule has 0 aromatic rings. The van der Waals surface area contributed by atoms with Crippen LogP contribution in [0.1, 0.15) is 26.2 Å². The maximum Gasteiger partial charge on any atom is 0.243 e. The maximum absolute atomic E-state index is 12.2. The van der Waals surface area contributed by atoms with Crippen LogP contribution in [0, 0.1) is 5.92 Å². The molecule has 1 saturated heterocycles. The van der Waals surface area contributed by atoms with Gasteiger partial charge in [-0.3, -0.25) is 14.6 Å². The van der Waals surface area contributed by atoms with Gasteiger partial charge < -0.3 is 10.2 Å². The minimum absolute atomic E-state index is 0.0422. The molecule has 0 saturated carbocycles. The first-order valence-electron chi connectivity index (χ1n) is 8.22. The third-order valence-electron chi connectivity index (χ3n) is 4.82. The quantitative estimate of drug-likeness (QED) is 0.780. The highest BCUT2D eigenvalue weighted by Gasteiger charge is 2.30. The molecule has 0 radical (unpaired) electrons. The molecular weight excluding hydrogens is 310 g/mol. The summed E-state index contributed by atoms with van der Waals surface area (Å²) in [6, 6.07) is 0.0855. The van der Waals surface area contributed by atoms with Gasteiger partial charge in [0.05, 0.1) is 11.6 Å². The number of aliphatic imine (C=N–C) groups is 1. The molecule has 0 spiro atoms. The third kappa shape index (κ3) is 3.68. The number of nitrogens with zero attached hydrogens (tertiary/aromatic N) is 2. The van der Waals surface area contributed by atoms with Gasteiger partial charge in [-0.25, -0.2) is 0 Å². The molecule has 6 heteroatoms. The third-order valence-corrected chi connectivity index (χ3v) is 6.12. The molecule has 0 aromatic heterocycles. The fourth-order valence-electron chi connectivity index (χ4n) is 3.42. The fraction of sp³-hybridized carbons (Fsp3) is 0.588. The van der Waals surface area contributed by atoms with Crippen LogP contribution < -0.4 is 5.32 Å². The van der Waals surface area contributed by atoms with Crippen molar-refractivity contribution in [3.63, 3.8) is 0 Å². The van der Waals surface area contributed by atoms with E-state index in [-0.39, 0.29) is 11.9 Å². The predicted molar refractivity (Wildman–Crippen MR) is 93.5 cm³/mol. The summed E-state index contributed by atoms with van der Waals surface area (Å²) in [5, 5.41) is 3.49. The molecule has 5 nitrogen and oxygen atoms in total. The molecule has 4 unspecified atom stereocenters. The van der Waals surface area contributed by atoms with E-state index in [0.717, 1.165) is 31.2 Å². The maximum atomic E-state index is 12.2. The van der Waals surface area contributed by atoms with E-state index in [9.17, 15) is 9.59 Å². The van der Waals surface area contributed by atoms with E-state index in [1.807, 2.05) is 17.3 Å². The lowest BCUT2D eigenvalue weighted by Crippen LogP contribution is -2.43. The normalized spacial score (nSPS) is 32.9. The van der Waals surface area contributed by atoms with E-state index in [4.69, 9.17) is 0 Å². The van der Waals surface area contributed by atoms with Gasteiger partial charge in [-0.05, 0) is 37.7 Å². The molecule has 3 aliphatic rings. The lowest BCUT2D eigenvalue weighted by molar-refractivity contribution is -0.130. The number of amides is 2. The van der Waals surface area contributed by atoms with Crippen molar-refractivity contribution in [1.82, 2.24) is 10.2 Å². The van der Waals surface area contributed by atoms with Crippen molar-refractivity contribution in [2.45, 2.75) is 43.5 Å². The van der Waals surface area contributed by atoms with Gasteiger partial charge in [-0.1, -0.05) is 18.2 Å². The van der Waals surface area contributed by atoms with Crippen molar-refractivity contribution in [2.75, 3.05) is 13.1 Å². The Labute approximate surface area is 141 Å². The Morgan fingerprint density at radius 1 is 1.57 bits per heavy atom. The highest BCUT2D eigenvalue weighted by atomic mass is 32.2. The van der Waals surface area contributed by atoms with E-state index in [1.165, 1.54) is 0 Å². The molecule has 2 amide bonds. The molecule has 1 aliphatic carbocycles. The zero-order chi connectivity index (χ0) is 16.2. The van der Waals surface area contributed by atoms with Crippen molar-refractivity contribution in [3.05, 3.63) is 23.8 Å². The fourth-order valence-corrected chi connectivity index (χ4v) is 4.52. The molecule has 2 aliphatic heterocycles. The number of carbonyl (C=O) groups excluding carboxylic acids is 2. The van der Waals surface area contributed by atoms with Crippen LogP contribution >= 0.6 is 11.8 Å². The van der Waals surface area contributed by atoms with Crippen LogP contribution in [0.4, 0.5) is 0 Å². The summed E-state index contributed by atoms with van der Waals surface area (Å²) in [5.41, 5.74) is 3.10. The lowest BCUT2D eigenvalue weighted by atomic mass is 9.91. The second-order valence-corrected chi connectivity index (χ2v) is 7.38. The van der Waals surface area contributed by atoms with Crippen molar-refractivity contribution in [2.24, 2.45) is 10.9 Å².